The molecule has 0 aliphatic carbocycles. The fraction of sp³-hybridized carbons (Fsp3) is 0.538. The van der Waals surface area contributed by atoms with Gasteiger partial charge in [0.1, 0.15) is 5.75 Å². The molecule has 2 nitrogen and oxygen atoms in total. The Morgan fingerprint density at radius 3 is 3.06 bits per heavy atom. The van der Waals surface area contributed by atoms with Crippen LogP contribution in [-0.4, -0.2) is 19.2 Å². The Hall–Kier alpha value is -0.540. The van der Waals surface area contributed by atoms with Crippen LogP contribution in [-0.2, 0) is 0 Å². The average molecular weight is 284 g/mol. The van der Waals surface area contributed by atoms with Crippen molar-refractivity contribution >= 4 is 15.9 Å². The Balaban J connectivity index is 1.71. The molecule has 1 N–H and O–H groups in total. The molecule has 3 heteroatoms. The monoisotopic (exact) mass is 283 g/mol. The van der Waals surface area contributed by atoms with Crippen LogP contribution in [0, 0.1) is 0 Å². The first-order chi connectivity index (χ1) is 7.84. The zero-order valence-corrected chi connectivity index (χ0v) is 11.0. The van der Waals surface area contributed by atoms with Crippen molar-refractivity contribution in [2.75, 3.05) is 13.2 Å². The Kier molecular flexibility index (Phi) is 4.67. The van der Waals surface area contributed by atoms with Gasteiger partial charge in [-0.1, -0.05) is 28.4 Å². The molecular formula is C13H18BrNO. The Morgan fingerprint density at radius 2 is 2.31 bits per heavy atom. The minimum atomic E-state index is 0.654. The molecule has 1 aromatic carbocycles. The van der Waals surface area contributed by atoms with Gasteiger partial charge in [0.05, 0.1) is 6.61 Å². The molecule has 1 aliphatic rings. The highest BCUT2D eigenvalue weighted by Crippen LogP contribution is 2.18. The van der Waals surface area contributed by atoms with Crippen molar-refractivity contribution in [2.24, 2.45) is 0 Å². The van der Waals surface area contributed by atoms with Gasteiger partial charge in [-0.3, -0.25) is 0 Å². The van der Waals surface area contributed by atoms with E-state index in [-0.39, 0.29) is 0 Å². The van der Waals surface area contributed by atoms with E-state index in [9.17, 15) is 0 Å². The van der Waals surface area contributed by atoms with E-state index in [1.807, 2.05) is 24.3 Å². The number of hydrogen-bond donors (Lipinski definition) is 1. The van der Waals surface area contributed by atoms with Crippen LogP contribution in [0.3, 0.4) is 0 Å². The number of hydrogen-bond acceptors (Lipinski definition) is 2. The van der Waals surface area contributed by atoms with E-state index in [1.54, 1.807) is 0 Å². The molecule has 0 aromatic heterocycles. The lowest BCUT2D eigenvalue weighted by atomic mass is 10.0. The topological polar surface area (TPSA) is 21.3 Å². The molecule has 16 heavy (non-hydrogen) atoms. The van der Waals surface area contributed by atoms with Gasteiger partial charge in [-0.15, -0.1) is 0 Å². The predicted molar refractivity (Wildman–Crippen MR) is 69.9 cm³/mol. The van der Waals surface area contributed by atoms with E-state index < -0.39 is 0 Å². The molecule has 1 heterocycles. The van der Waals surface area contributed by atoms with Crippen molar-refractivity contribution in [2.45, 2.75) is 31.7 Å². The lowest BCUT2D eigenvalue weighted by Crippen LogP contribution is -2.35. The summed E-state index contributed by atoms with van der Waals surface area (Å²) in [5, 5.41) is 3.53. The second-order valence-corrected chi connectivity index (χ2v) is 5.16. The fourth-order valence-electron chi connectivity index (χ4n) is 2.05. The van der Waals surface area contributed by atoms with Crippen LogP contribution in [0.25, 0.3) is 0 Å². The second-order valence-electron chi connectivity index (χ2n) is 4.24. The van der Waals surface area contributed by atoms with Crippen molar-refractivity contribution in [1.82, 2.24) is 5.32 Å². The molecule has 0 amide bonds. The third-order valence-corrected chi connectivity index (χ3v) is 3.44. The van der Waals surface area contributed by atoms with Crippen molar-refractivity contribution in [3.63, 3.8) is 0 Å². The molecule has 1 fully saturated rings. The molecule has 0 spiro atoms. The summed E-state index contributed by atoms with van der Waals surface area (Å²) in [6.45, 7) is 1.97. The molecule has 1 atom stereocenters. The maximum Gasteiger partial charge on any atom is 0.120 e. The summed E-state index contributed by atoms with van der Waals surface area (Å²) in [6.07, 6.45) is 5.08. The van der Waals surface area contributed by atoms with Crippen LogP contribution in [0.1, 0.15) is 25.7 Å². The van der Waals surface area contributed by atoms with Crippen LogP contribution in [0.5, 0.6) is 5.75 Å². The Labute approximate surface area is 106 Å². The van der Waals surface area contributed by atoms with Crippen LogP contribution in [0.15, 0.2) is 28.7 Å². The first-order valence-electron chi connectivity index (χ1n) is 5.96. The standard InChI is InChI=1S/C13H18BrNO/c14-11-4-3-6-13(10-11)16-9-7-12-5-1-2-8-15-12/h3-4,6,10,12,15H,1-2,5,7-9H2. The first kappa shape index (κ1) is 11.9. The van der Waals surface area contributed by atoms with E-state index in [4.69, 9.17) is 4.74 Å². The van der Waals surface area contributed by atoms with Gasteiger partial charge < -0.3 is 10.1 Å². The second kappa shape index (κ2) is 6.26. The molecule has 2 rings (SSSR count). The van der Waals surface area contributed by atoms with E-state index >= 15 is 0 Å². The van der Waals surface area contributed by atoms with Crippen molar-refractivity contribution < 1.29 is 4.74 Å². The number of nitrogens with one attached hydrogen (secondary N) is 1. The lowest BCUT2D eigenvalue weighted by Gasteiger charge is -2.23. The Morgan fingerprint density at radius 1 is 1.38 bits per heavy atom. The first-order valence-corrected chi connectivity index (χ1v) is 6.75. The van der Waals surface area contributed by atoms with Crippen molar-refractivity contribution in [1.29, 1.82) is 0 Å². The molecule has 1 aromatic rings. The van der Waals surface area contributed by atoms with E-state index in [0.717, 1.165) is 23.2 Å². The third kappa shape index (κ3) is 3.80. The number of piperidine rings is 1. The minimum Gasteiger partial charge on any atom is -0.493 e. The molecular weight excluding hydrogens is 266 g/mol. The zero-order valence-electron chi connectivity index (χ0n) is 9.42. The molecule has 1 unspecified atom stereocenters. The highest BCUT2D eigenvalue weighted by atomic mass is 79.9. The van der Waals surface area contributed by atoms with E-state index in [1.165, 1.54) is 25.8 Å². The fourth-order valence-corrected chi connectivity index (χ4v) is 2.42. The van der Waals surface area contributed by atoms with Gasteiger partial charge in [0.25, 0.3) is 0 Å². The number of rotatable bonds is 4. The maximum absolute atomic E-state index is 5.72. The quantitative estimate of drug-likeness (QED) is 0.915. The van der Waals surface area contributed by atoms with E-state index in [2.05, 4.69) is 21.2 Å². The molecule has 1 saturated heterocycles. The zero-order chi connectivity index (χ0) is 11.2. The summed E-state index contributed by atoms with van der Waals surface area (Å²) < 4.78 is 6.79. The summed E-state index contributed by atoms with van der Waals surface area (Å²) in [6, 6.07) is 8.67. The van der Waals surface area contributed by atoms with Crippen molar-refractivity contribution in [3.05, 3.63) is 28.7 Å². The van der Waals surface area contributed by atoms with Gasteiger partial charge in [0.2, 0.25) is 0 Å². The third-order valence-electron chi connectivity index (χ3n) is 2.94. The van der Waals surface area contributed by atoms with Crippen LogP contribution >= 0.6 is 15.9 Å². The summed E-state index contributed by atoms with van der Waals surface area (Å²) in [5.41, 5.74) is 0. The summed E-state index contributed by atoms with van der Waals surface area (Å²) in [7, 11) is 0. The van der Waals surface area contributed by atoms with Gasteiger partial charge >= 0.3 is 0 Å². The molecule has 0 radical (unpaired) electrons. The molecule has 1 aliphatic heterocycles. The van der Waals surface area contributed by atoms with Crippen LogP contribution < -0.4 is 10.1 Å². The number of halogens is 1. The number of benzene rings is 1. The smallest absolute Gasteiger partial charge is 0.120 e. The SMILES string of the molecule is Brc1cccc(OCCC2CCCCN2)c1. The summed E-state index contributed by atoms with van der Waals surface area (Å²) in [5.74, 6) is 0.949. The Bertz CT molecular complexity index is 323. The summed E-state index contributed by atoms with van der Waals surface area (Å²) in [4.78, 5) is 0. The largest absolute Gasteiger partial charge is 0.493 e. The minimum absolute atomic E-state index is 0.654. The van der Waals surface area contributed by atoms with Gasteiger partial charge in [0, 0.05) is 10.5 Å². The highest BCUT2D eigenvalue weighted by molar-refractivity contribution is 9.10. The molecule has 88 valence electrons. The van der Waals surface area contributed by atoms with Crippen LogP contribution in [0.4, 0.5) is 0 Å². The van der Waals surface area contributed by atoms with Gasteiger partial charge in [-0.05, 0) is 44.0 Å². The number of ether oxygens (including phenoxy) is 1. The average Bonchev–Trinajstić information content (AvgIpc) is 2.30. The lowest BCUT2D eigenvalue weighted by molar-refractivity contribution is 0.268. The molecule has 0 saturated carbocycles. The van der Waals surface area contributed by atoms with E-state index in [0.29, 0.717) is 6.04 Å². The van der Waals surface area contributed by atoms with Crippen molar-refractivity contribution in [3.8, 4) is 5.75 Å². The van der Waals surface area contributed by atoms with Gasteiger partial charge in [-0.25, -0.2) is 0 Å². The summed E-state index contributed by atoms with van der Waals surface area (Å²) >= 11 is 3.44. The predicted octanol–water partition coefficient (Wildman–Crippen LogP) is 3.36. The highest BCUT2D eigenvalue weighted by Gasteiger charge is 2.11. The maximum atomic E-state index is 5.72. The molecule has 0 bridgehead atoms. The van der Waals surface area contributed by atoms with Gasteiger partial charge in [0.15, 0.2) is 0 Å². The van der Waals surface area contributed by atoms with Crippen LogP contribution in [0.2, 0.25) is 0 Å². The normalized spacial score (nSPS) is 20.7. The van der Waals surface area contributed by atoms with Gasteiger partial charge in [-0.2, -0.15) is 0 Å².